The number of furan rings is 1. The molecule has 0 aliphatic carbocycles. The molecule has 0 saturated carbocycles. The van der Waals surface area contributed by atoms with Crippen LogP contribution in [0.3, 0.4) is 0 Å². The van der Waals surface area contributed by atoms with Crippen LogP contribution in [0.1, 0.15) is 16.1 Å². The molecule has 0 atom stereocenters. The van der Waals surface area contributed by atoms with Gasteiger partial charge in [-0.2, -0.15) is 0 Å². The molecular formula is C17H13BrO4S. The fourth-order valence-electron chi connectivity index (χ4n) is 2.22. The Morgan fingerprint density at radius 3 is 2.48 bits per heavy atom. The van der Waals surface area contributed by atoms with E-state index in [4.69, 9.17) is 4.42 Å². The summed E-state index contributed by atoms with van der Waals surface area (Å²) in [6, 6.07) is 13.3. The van der Waals surface area contributed by atoms with Crippen molar-refractivity contribution in [3.05, 3.63) is 64.3 Å². The van der Waals surface area contributed by atoms with Crippen molar-refractivity contribution in [3.63, 3.8) is 0 Å². The highest BCUT2D eigenvalue weighted by Crippen LogP contribution is 2.24. The number of sulfone groups is 1. The van der Waals surface area contributed by atoms with Crippen molar-refractivity contribution < 1.29 is 17.6 Å². The van der Waals surface area contributed by atoms with Gasteiger partial charge in [0.05, 0.1) is 4.90 Å². The Morgan fingerprint density at radius 1 is 1.09 bits per heavy atom. The fraction of sp³-hybridized carbons (Fsp3) is 0.118. The number of hydrogen-bond acceptors (Lipinski definition) is 4. The van der Waals surface area contributed by atoms with Crippen LogP contribution < -0.4 is 0 Å². The van der Waals surface area contributed by atoms with E-state index in [-0.39, 0.29) is 10.7 Å². The van der Waals surface area contributed by atoms with Gasteiger partial charge in [-0.05, 0) is 43.3 Å². The maximum absolute atomic E-state index is 12.3. The zero-order chi connectivity index (χ0) is 16.6. The molecule has 6 heteroatoms. The minimum Gasteiger partial charge on any atom is -0.453 e. The summed E-state index contributed by atoms with van der Waals surface area (Å²) in [5.74, 6) is -1.12. The van der Waals surface area contributed by atoms with Crippen molar-refractivity contribution in [2.75, 3.05) is 5.75 Å². The van der Waals surface area contributed by atoms with Gasteiger partial charge >= 0.3 is 0 Å². The van der Waals surface area contributed by atoms with Gasteiger partial charge in [-0.3, -0.25) is 4.79 Å². The molecule has 0 radical (unpaired) electrons. The summed E-state index contributed by atoms with van der Waals surface area (Å²) in [5, 5.41) is 0.746. The Bertz CT molecular complexity index is 985. The van der Waals surface area contributed by atoms with Gasteiger partial charge in [0.15, 0.2) is 15.6 Å². The maximum Gasteiger partial charge on any atom is 0.213 e. The monoisotopic (exact) mass is 392 g/mol. The number of hydrogen-bond donors (Lipinski definition) is 0. The number of carbonyl (C=O) groups is 1. The summed E-state index contributed by atoms with van der Waals surface area (Å²) >= 11 is 3.34. The molecule has 4 nitrogen and oxygen atoms in total. The van der Waals surface area contributed by atoms with Gasteiger partial charge in [0.1, 0.15) is 11.3 Å². The molecule has 118 valence electrons. The highest BCUT2D eigenvalue weighted by Gasteiger charge is 2.22. The topological polar surface area (TPSA) is 64.3 Å². The molecule has 3 rings (SSSR count). The van der Waals surface area contributed by atoms with Crippen LogP contribution >= 0.6 is 15.9 Å². The molecule has 0 unspecified atom stereocenters. The second-order valence-corrected chi connectivity index (χ2v) is 8.19. The predicted octanol–water partition coefficient (Wildman–Crippen LogP) is 4.16. The van der Waals surface area contributed by atoms with Crippen molar-refractivity contribution in [1.82, 2.24) is 0 Å². The Morgan fingerprint density at radius 2 is 1.78 bits per heavy atom. The summed E-state index contributed by atoms with van der Waals surface area (Å²) in [6.07, 6.45) is 0. The lowest BCUT2D eigenvalue weighted by Gasteiger charge is -2.03. The minimum atomic E-state index is -3.69. The summed E-state index contributed by atoms with van der Waals surface area (Å²) in [7, 11) is -3.69. The number of benzene rings is 2. The van der Waals surface area contributed by atoms with Gasteiger partial charge in [0.2, 0.25) is 5.78 Å². The Labute approximate surface area is 142 Å². The first-order valence-electron chi connectivity index (χ1n) is 6.87. The number of carbonyl (C=O) groups excluding carboxylic acids is 1. The number of halogens is 1. The molecule has 0 bridgehead atoms. The van der Waals surface area contributed by atoms with Crippen LogP contribution in [0.5, 0.6) is 0 Å². The molecule has 3 aromatic rings. The van der Waals surface area contributed by atoms with E-state index in [1.165, 1.54) is 12.1 Å². The summed E-state index contributed by atoms with van der Waals surface area (Å²) in [6.45, 7) is 1.87. The average molecular weight is 393 g/mol. The molecule has 2 aromatic carbocycles. The zero-order valence-corrected chi connectivity index (χ0v) is 14.6. The van der Waals surface area contributed by atoms with E-state index >= 15 is 0 Å². The van der Waals surface area contributed by atoms with Gasteiger partial charge in [-0.15, -0.1) is 0 Å². The molecule has 0 N–H and O–H groups in total. The standard InChI is InChI=1S/C17H13BrO4S/c1-11-2-5-14(6-3-11)23(20,21)10-15(19)17-9-12-8-13(18)4-7-16(12)22-17/h2-9H,10H2,1H3. The SMILES string of the molecule is Cc1ccc(S(=O)(=O)CC(=O)c2cc3cc(Br)ccc3o2)cc1. The van der Waals surface area contributed by atoms with Crippen molar-refractivity contribution in [2.45, 2.75) is 11.8 Å². The van der Waals surface area contributed by atoms with Crippen LogP contribution in [-0.2, 0) is 9.84 Å². The average Bonchev–Trinajstić information content (AvgIpc) is 2.90. The van der Waals surface area contributed by atoms with Crippen molar-refractivity contribution >= 4 is 42.5 Å². The Hall–Kier alpha value is -1.92. The largest absolute Gasteiger partial charge is 0.453 e. The van der Waals surface area contributed by atoms with Crippen molar-refractivity contribution in [3.8, 4) is 0 Å². The van der Waals surface area contributed by atoms with Crippen LogP contribution in [0.2, 0.25) is 0 Å². The smallest absolute Gasteiger partial charge is 0.213 e. The van der Waals surface area contributed by atoms with Crippen molar-refractivity contribution in [1.29, 1.82) is 0 Å². The van der Waals surface area contributed by atoms with Gasteiger partial charge in [-0.1, -0.05) is 33.6 Å². The van der Waals surface area contributed by atoms with Crippen molar-refractivity contribution in [2.24, 2.45) is 0 Å². The van der Waals surface area contributed by atoms with E-state index in [0.29, 0.717) is 5.58 Å². The Kier molecular flexibility index (Phi) is 4.12. The van der Waals surface area contributed by atoms with E-state index in [1.807, 2.05) is 13.0 Å². The number of aryl methyl sites for hydroxylation is 1. The second-order valence-electron chi connectivity index (χ2n) is 5.29. The molecule has 0 aliphatic rings. The first-order valence-corrected chi connectivity index (χ1v) is 9.31. The Balaban J connectivity index is 1.88. The van der Waals surface area contributed by atoms with Crippen LogP contribution in [0.15, 0.2) is 62.3 Å². The first-order chi connectivity index (χ1) is 10.8. The van der Waals surface area contributed by atoms with E-state index in [1.54, 1.807) is 30.3 Å². The molecular weight excluding hydrogens is 380 g/mol. The highest BCUT2D eigenvalue weighted by atomic mass is 79.9. The normalized spacial score (nSPS) is 11.7. The summed E-state index contributed by atoms with van der Waals surface area (Å²) < 4.78 is 31.0. The maximum atomic E-state index is 12.3. The van der Waals surface area contributed by atoms with Crippen LogP contribution in [0.4, 0.5) is 0 Å². The second kappa shape index (κ2) is 5.94. The molecule has 23 heavy (non-hydrogen) atoms. The molecule has 0 spiro atoms. The lowest BCUT2D eigenvalue weighted by Crippen LogP contribution is -2.16. The third-order valence-corrected chi connectivity index (χ3v) is 5.58. The number of rotatable bonds is 4. The first kappa shape index (κ1) is 16.0. The quantitative estimate of drug-likeness (QED) is 0.625. The van der Waals surface area contributed by atoms with Crippen LogP contribution in [0.25, 0.3) is 11.0 Å². The molecule has 1 aromatic heterocycles. The lowest BCUT2D eigenvalue weighted by molar-refractivity contribution is 0.0992. The van der Waals surface area contributed by atoms with E-state index in [0.717, 1.165) is 15.4 Å². The molecule has 0 saturated heterocycles. The summed E-state index contributed by atoms with van der Waals surface area (Å²) in [4.78, 5) is 12.4. The molecule has 1 heterocycles. The number of ketones is 1. The fourth-order valence-corrected chi connectivity index (χ4v) is 3.81. The third kappa shape index (κ3) is 3.38. The highest BCUT2D eigenvalue weighted by molar-refractivity contribution is 9.10. The summed E-state index contributed by atoms with van der Waals surface area (Å²) in [5.41, 5.74) is 1.50. The number of Topliss-reactive ketones (excluding diaryl/α,β-unsaturated/α-hetero) is 1. The molecule has 0 fully saturated rings. The van der Waals surface area contributed by atoms with Gasteiger partial charge in [0.25, 0.3) is 0 Å². The van der Waals surface area contributed by atoms with E-state index in [2.05, 4.69) is 15.9 Å². The lowest BCUT2D eigenvalue weighted by atomic mass is 10.2. The third-order valence-electron chi connectivity index (χ3n) is 3.45. The van der Waals surface area contributed by atoms with E-state index < -0.39 is 21.4 Å². The number of fused-ring (bicyclic) bond motifs is 1. The molecule has 0 amide bonds. The van der Waals surface area contributed by atoms with Gasteiger partial charge in [-0.25, -0.2) is 8.42 Å². The van der Waals surface area contributed by atoms with E-state index in [9.17, 15) is 13.2 Å². The van der Waals surface area contributed by atoms with Crippen LogP contribution in [0, 0.1) is 6.92 Å². The van der Waals surface area contributed by atoms with Gasteiger partial charge < -0.3 is 4.42 Å². The predicted molar refractivity (Wildman–Crippen MR) is 91.5 cm³/mol. The minimum absolute atomic E-state index is 0.0498. The van der Waals surface area contributed by atoms with Crippen LogP contribution in [-0.4, -0.2) is 20.0 Å². The van der Waals surface area contributed by atoms with Gasteiger partial charge in [0, 0.05) is 9.86 Å². The molecule has 0 aliphatic heterocycles. The zero-order valence-electron chi connectivity index (χ0n) is 12.2.